The molecule has 1 saturated heterocycles. The van der Waals surface area contributed by atoms with E-state index in [1.54, 1.807) is 17.0 Å². The summed E-state index contributed by atoms with van der Waals surface area (Å²) in [6.07, 6.45) is 1.91. The van der Waals surface area contributed by atoms with E-state index in [1.807, 2.05) is 30.7 Å². The summed E-state index contributed by atoms with van der Waals surface area (Å²) in [4.78, 5) is 6.46. The molecule has 2 aromatic carbocycles. The quantitative estimate of drug-likeness (QED) is 0.498. The maximum atomic E-state index is 15.8. The first-order valence-electron chi connectivity index (χ1n) is 9.86. The molecule has 2 aromatic rings. The summed E-state index contributed by atoms with van der Waals surface area (Å²) in [5.74, 6) is -1.08. The van der Waals surface area contributed by atoms with Crippen LogP contribution in [0.25, 0.3) is 33.1 Å². The lowest BCUT2D eigenvalue weighted by molar-refractivity contribution is 0.470. The zero-order valence-electron chi connectivity index (χ0n) is 16.3. The third kappa shape index (κ3) is 2.85. The number of halogens is 3. The zero-order valence-corrected chi connectivity index (χ0v) is 17.0. The number of aryl methyl sites for hydroxylation is 1. The van der Waals surface area contributed by atoms with Gasteiger partial charge in [-0.3, -0.25) is 0 Å². The van der Waals surface area contributed by atoms with Crippen molar-refractivity contribution in [2.45, 2.75) is 26.4 Å². The lowest BCUT2D eigenvalue weighted by Gasteiger charge is -2.34. The molecule has 0 bridgehead atoms. The molecule has 0 aliphatic carbocycles. The van der Waals surface area contributed by atoms with E-state index >= 15 is 8.78 Å². The van der Waals surface area contributed by atoms with Gasteiger partial charge in [-0.2, -0.15) is 0 Å². The summed E-state index contributed by atoms with van der Waals surface area (Å²) < 4.78 is 32.8. The Bertz CT molecular complexity index is 1220. The Labute approximate surface area is 172 Å². The molecule has 3 aliphatic rings. The average Bonchev–Trinajstić information content (AvgIpc) is 3.05. The summed E-state index contributed by atoms with van der Waals surface area (Å²) in [5.41, 5.74) is 2.62. The highest BCUT2D eigenvalue weighted by Gasteiger charge is 2.27. The number of hydrogen-bond acceptors (Lipinski definition) is 3. The molecule has 3 heterocycles. The van der Waals surface area contributed by atoms with Gasteiger partial charge in [0.1, 0.15) is 11.5 Å². The molecule has 0 aromatic heterocycles. The molecule has 5 rings (SSSR count). The summed E-state index contributed by atoms with van der Waals surface area (Å²) in [5, 5.41) is 5.31. The topological polar surface area (TPSA) is 33.1 Å². The number of hydrogen-bond donors (Lipinski definition) is 1. The van der Waals surface area contributed by atoms with Gasteiger partial charge >= 0.3 is 0 Å². The summed E-state index contributed by atoms with van der Waals surface area (Å²) in [6, 6.07) is 7.10. The van der Waals surface area contributed by atoms with Gasteiger partial charge in [-0.25, -0.2) is 13.8 Å². The van der Waals surface area contributed by atoms with Crippen LogP contribution in [0, 0.1) is 11.6 Å². The van der Waals surface area contributed by atoms with Crippen LogP contribution in [0.5, 0.6) is 0 Å². The van der Waals surface area contributed by atoms with Crippen LogP contribution < -0.4 is 10.2 Å². The number of piperazine rings is 1. The van der Waals surface area contributed by atoms with Crippen molar-refractivity contribution in [2.24, 2.45) is 0 Å². The van der Waals surface area contributed by atoms with Gasteiger partial charge in [0.05, 0.1) is 16.7 Å². The normalized spacial score (nSPS) is 17.7. The molecule has 1 atom stereocenters. The van der Waals surface area contributed by atoms with E-state index in [2.05, 4.69) is 10.3 Å². The number of aromatic nitrogens is 2. The van der Waals surface area contributed by atoms with E-state index in [9.17, 15) is 0 Å². The van der Waals surface area contributed by atoms with E-state index in [0.717, 1.165) is 16.5 Å². The number of nitrogens with zero attached hydrogens (tertiary/aromatic N) is 3. The van der Waals surface area contributed by atoms with Crippen LogP contribution in [-0.2, 0) is 6.54 Å². The van der Waals surface area contributed by atoms with Gasteiger partial charge in [0.15, 0.2) is 5.82 Å². The maximum Gasteiger partial charge on any atom is 0.173 e. The number of rotatable bonds is 2. The van der Waals surface area contributed by atoms with Gasteiger partial charge in [-0.1, -0.05) is 17.7 Å². The Morgan fingerprint density at radius 2 is 2.07 bits per heavy atom. The van der Waals surface area contributed by atoms with E-state index in [0.29, 0.717) is 47.8 Å². The van der Waals surface area contributed by atoms with Gasteiger partial charge in [-0.15, -0.1) is 0 Å². The number of fused-ring (bicyclic) bond motifs is 5. The highest BCUT2D eigenvalue weighted by atomic mass is 35.5. The molecule has 7 heteroatoms. The number of pyridine rings is 1. The summed E-state index contributed by atoms with van der Waals surface area (Å²) in [7, 11) is 0. The zero-order chi connectivity index (χ0) is 20.3. The van der Waals surface area contributed by atoms with Crippen LogP contribution in [0.1, 0.15) is 13.8 Å². The molecule has 150 valence electrons. The minimum absolute atomic E-state index is 0.0477. The fourth-order valence-corrected chi connectivity index (χ4v) is 4.59. The lowest BCUT2D eigenvalue weighted by Crippen LogP contribution is -2.49. The molecule has 29 heavy (non-hydrogen) atoms. The predicted molar refractivity (Wildman–Crippen MR) is 114 cm³/mol. The Balaban J connectivity index is 1.83. The largest absolute Gasteiger partial charge is 0.364 e. The van der Waals surface area contributed by atoms with Crippen LogP contribution in [0.4, 0.5) is 14.5 Å². The SMILES string of the molecule is CCn1cc2c3ccc(Cl)cc3nc-2c2cc(F)c(N3CCNC(C)C3)c(F)c21. The second kappa shape index (κ2) is 6.82. The first kappa shape index (κ1) is 18.6. The standard InChI is InChI=1S/C22H21ClF2N4/c1-3-28-11-16-14-5-4-13(23)8-18(14)27-20(16)15-9-17(24)22(19(25)21(15)28)29-7-6-26-12(2)10-29/h4-5,8-9,11-12,26H,3,6-7,10H2,1-2H3. The van der Waals surface area contributed by atoms with Crippen molar-refractivity contribution in [3.05, 3.63) is 47.1 Å². The molecule has 4 nitrogen and oxygen atoms in total. The number of benzene rings is 2. The third-order valence-electron chi connectivity index (χ3n) is 5.76. The third-order valence-corrected chi connectivity index (χ3v) is 5.99. The molecule has 0 spiro atoms. The fourth-order valence-electron chi connectivity index (χ4n) is 4.42. The predicted octanol–water partition coefficient (Wildman–Crippen LogP) is 5.04. The van der Waals surface area contributed by atoms with Crippen molar-refractivity contribution < 1.29 is 8.78 Å². The van der Waals surface area contributed by atoms with Crippen LogP contribution >= 0.6 is 11.6 Å². The minimum atomic E-state index is -0.552. The molecule has 0 saturated carbocycles. The second-order valence-corrected chi connectivity index (χ2v) is 8.11. The summed E-state index contributed by atoms with van der Waals surface area (Å²) in [6.45, 7) is 6.35. The molecule has 1 N–H and O–H groups in total. The maximum absolute atomic E-state index is 15.8. The van der Waals surface area contributed by atoms with Gasteiger partial charge in [0.2, 0.25) is 0 Å². The van der Waals surface area contributed by atoms with Crippen LogP contribution in [0.3, 0.4) is 0 Å². The van der Waals surface area contributed by atoms with Crippen LogP contribution in [0.2, 0.25) is 5.02 Å². The van der Waals surface area contributed by atoms with Crippen molar-refractivity contribution in [1.82, 2.24) is 14.9 Å². The molecular weight excluding hydrogens is 394 g/mol. The Kier molecular flexibility index (Phi) is 4.37. The fraction of sp³-hybridized carbons (Fsp3) is 0.318. The first-order chi connectivity index (χ1) is 14.0. The van der Waals surface area contributed by atoms with E-state index < -0.39 is 11.6 Å². The molecular formula is C22H21ClF2N4. The van der Waals surface area contributed by atoms with E-state index in [4.69, 9.17) is 11.6 Å². The van der Waals surface area contributed by atoms with Crippen LogP contribution in [0.15, 0.2) is 30.5 Å². The summed E-state index contributed by atoms with van der Waals surface area (Å²) >= 11 is 6.12. The first-order valence-corrected chi connectivity index (χ1v) is 10.2. The van der Waals surface area contributed by atoms with Crippen molar-refractivity contribution in [1.29, 1.82) is 0 Å². The molecule has 3 aliphatic heterocycles. The van der Waals surface area contributed by atoms with Gasteiger partial charge < -0.3 is 14.8 Å². The van der Waals surface area contributed by atoms with Gasteiger partial charge in [-0.05, 0) is 32.0 Å². The molecule has 0 amide bonds. The average molecular weight is 415 g/mol. The lowest BCUT2D eigenvalue weighted by atomic mass is 10.0. The Hall–Kier alpha value is -2.44. The van der Waals surface area contributed by atoms with Crippen molar-refractivity contribution in [2.75, 3.05) is 24.5 Å². The highest BCUT2D eigenvalue weighted by molar-refractivity contribution is 6.31. The molecule has 0 radical (unpaired) electrons. The monoisotopic (exact) mass is 414 g/mol. The molecule has 1 fully saturated rings. The van der Waals surface area contributed by atoms with Crippen molar-refractivity contribution in [3.8, 4) is 11.3 Å². The van der Waals surface area contributed by atoms with E-state index in [1.165, 1.54) is 6.07 Å². The van der Waals surface area contributed by atoms with Crippen LogP contribution in [-0.4, -0.2) is 35.2 Å². The van der Waals surface area contributed by atoms with Gasteiger partial charge in [0, 0.05) is 59.8 Å². The smallest absolute Gasteiger partial charge is 0.173 e. The number of anilines is 1. The molecule has 1 unspecified atom stereocenters. The number of nitrogens with one attached hydrogen (secondary N) is 1. The Morgan fingerprint density at radius 1 is 1.24 bits per heavy atom. The second-order valence-electron chi connectivity index (χ2n) is 7.67. The van der Waals surface area contributed by atoms with E-state index in [-0.39, 0.29) is 11.7 Å². The van der Waals surface area contributed by atoms with Crippen molar-refractivity contribution >= 4 is 39.1 Å². The highest BCUT2D eigenvalue weighted by Crippen LogP contribution is 2.41. The van der Waals surface area contributed by atoms with Gasteiger partial charge in [0.25, 0.3) is 0 Å². The Morgan fingerprint density at radius 3 is 2.83 bits per heavy atom. The minimum Gasteiger partial charge on any atom is -0.364 e. The van der Waals surface area contributed by atoms with Crippen molar-refractivity contribution in [3.63, 3.8) is 0 Å².